The van der Waals surface area contributed by atoms with Gasteiger partial charge in [0.05, 0.1) is 0 Å². The summed E-state index contributed by atoms with van der Waals surface area (Å²) in [6.45, 7) is 3.80. The number of carbonyl (C=O) groups is 1. The van der Waals surface area contributed by atoms with Crippen LogP contribution in [-0.2, 0) is 0 Å². The zero-order valence-electron chi connectivity index (χ0n) is 21.2. The van der Waals surface area contributed by atoms with E-state index in [0.29, 0.717) is 33.6 Å². The van der Waals surface area contributed by atoms with Crippen molar-refractivity contribution in [1.82, 2.24) is 0 Å². The molecule has 0 saturated heterocycles. The monoisotopic (exact) mass is 560 g/mol. The molecule has 0 saturated carbocycles. The molecule has 0 N–H and O–H groups in total. The van der Waals surface area contributed by atoms with Gasteiger partial charge in [-0.2, -0.15) is 0 Å². The average molecular weight is 561 g/mol. The fourth-order valence-electron chi connectivity index (χ4n) is 4.80. The zero-order valence-corrected chi connectivity index (χ0v) is 22.7. The molecular weight excluding hydrogens is 539 g/mol. The highest BCUT2D eigenvalue weighted by Crippen LogP contribution is 2.47. The summed E-state index contributed by atoms with van der Waals surface area (Å²) >= 11 is 11.7. The molecule has 0 bridgehead atoms. The summed E-state index contributed by atoms with van der Waals surface area (Å²) < 4.78 is 13.0. The highest BCUT2D eigenvalue weighted by atomic mass is 35.5. The second-order valence-corrected chi connectivity index (χ2v) is 10.1. The Labute approximate surface area is 241 Å². The topological polar surface area (TPSA) is 35.5 Å². The van der Waals surface area contributed by atoms with E-state index in [2.05, 4.69) is 36.9 Å². The molecule has 0 atom stereocenters. The SMILES string of the molecule is C=C(Cl)c1ccc(Oc2ccc3ccccc3c2-c2c(Oc3ccc(C(=O)Cl)cc3)ccc3ccccc23)cc1. The second-order valence-electron chi connectivity index (χ2n) is 9.25. The van der Waals surface area contributed by atoms with E-state index in [-0.39, 0.29) is 0 Å². The van der Waals surface area contributed by atoms with Gasteiger partial charge in [0.25, 0.3) is 5.24 Å². The lowest BCUT2D eigenvalue weighted by Gasteiger charge is -2.19. The molecule has 0 unspecified atom stereocenters. The first-order chi connectivity index (χ1) is 19.5. The van der Waals surface area contributed by atoms with Crippen molar-refractivity contribution in [3.8, 4) is 34.1 Å². The summed E-state index contributed by atoms with van der Waals surface area (Å²) in [5, 5.41) is 4.13. The van der Waals surface area contributed by atoms with E-state index in [1.165, 1.54) is 0 Å². The summed E-state index contributed by atoms with van der Waals surface area (Å²) in [7, 11) is 0. The van der Waals surface area contributed by atoms with E-state index >= 15 is 0 Å². The van der Waals surface area contributed by atoms with Gasteiger partial charge in [0.2, 0.25) is 0 Å². The van der Waals surface area contributed by atoms with Gasteiger partial charge in [0, 0.05) is 21.7 Å². The number of rotatable bonds is 7. The van der Waals surface area contributed by atoms with Crippen LogP contribution in [0.3, 0.4) is 0 Å². The minimum Gasteiger partial charge on any atom is -0.457 e. The molecule has 40 heavy (non-hydrogen) atoms. The van der Waals surface area contributed by atoms with Crippen molar-refractivity contribution in [3.05, 3.63) is 139 Å². The number of halogens is 2. The largest absolute Gasteiger partial charge is 0.457 e. The Bertz CT molecular complexity index is 1750. The third-order valence-corrected chi connectivity index (χ3v) is 7.17. The summed E-state index contributed by atoms with van der Waals surface area (Å²) in [5.74, 6) is 2.58. The molecule has 3 nitrogen and oxygen atoms in total. The summed E-state index contributed by atoms with van der Waals surface area (Å²) in [4.78, 5) is 11.6. The fourth-order valence-corrected chi connectivity index (χ4v) is 5.05. The smallest absolute Gasteiger partial charge is 0.252 e. The molecule has 0 aromatic heterocycles. The lowest BCUT2D eigenvalue weighted by molar-refractivity contribution is 0.108. The molecule has 0 aliphatic heterocycles. The zero-order chi connectivity index (χ0) is 27.6. The van der Waals surface area contributed by atoms with Gasteiger partial charge in [-0.25, -0.2) is 0 Å². The molecule has 6 rings (SSSR count). The van der Waals surface area contributed by atoms with Crippen LogP contribution in [-0.4, -0.2) is 5.24 Å². The van der Waals surface area contributed by atoms with Crippen LogP contribution in [0.5, 0.6) is 23.0 Å². The molecule has 0 heterocycles. The van der Waals surface area contributed by atoms with Crippen LogP contribution >= 0.6 is 23.2 Å². The third kappa shape index (κ3) is 5.05. The molecule has 0 radical (unpaired) electrons. The van der Waals surface area contributed by atoms with Gasteiger partial charge in [-0.15, -0.1) is 0 Å². The Morgan fingerprint density at radius 3 is 1.38 bits per heavy atom. The Kier molecular flexibility index (Phi) is 7.00. The van der Waals surface area contributed by atoms with E-state index in [1.54, 1.807) is 24.3 Å². The van der Waals surface area contributed by atoms with Crippen molar-refractivity contribution in [3.63, 3.8) is 0 Å². The lowest BCUT2D eigenvalue weighted by Crippen LogP contribution is -1.95. The predicted molar refractivity (Wildman–Crippen MR) is 165 cm³/mol. The van der Waals surface area contributed by atoms with Crippen molar-refractivity contribution < 1.29 is 14.3 Å². The van der Waals surface area contributed by atoms with E-state index < -0.39 is 5.24 Å². The molecule has 5 heteroatoms. The van der Waals surface area contributed by atoms with Gasteiger partial charge >= 0.3 is 0 Å². The Balaban J connectivity index is 1.56. The number of fused-ring (bicyclic) bond motifs is 2. The van der Waals surface area contributed by atoms with Crippen molar-refractivity contribution in [1.29, 1.82) is 0 Å². The van der Waals surface area contributed by atoms with Crippen molar-refractivity contribution in [2.45, 2.75) is 0 Å². The maximum absolute atomic E-state index is 11.6. The quantitative estimate of drug-likeness (QED) is 0.182. The van der Waals surface area contributed by atoms with Crippen LogP contribution in [0, 0.1) is 0 Å². The van der Waals surface area contributed by atoms with Crippen molar-refractivity contribution >= 4 is 55.0 Å². The maximum Gasteiger partial charge on any atom is 0.252 e. The third-order valence-electron chi connectivity index (χ3n) is 6.74. The van der Waals surface area contributed by atoms with Crippen LogP contribution in [0.4, 0.5) is 0 Å². The van der Waals surface area contributed by atoms with Gasteiger partial charge in [-0.05, 0) is 99.4 Å². The molecule has 194 valence electrons. The van der Waals surface area contributed by atoms with Gasteiger partial charge in [0.1, 0.15) is 23.0 Å². The minimum absolute atomic E-state index is 0.404. The molecular formula is C35H22Cl2O3. The van der Waals surface area contributed by atoms with Crippen LogP contribution in [0.2, 0.25) is 0 Å². The minimum atomic E-state index is -0.515. The van der Waals surface area contributed by atoms with Gasteiger partial charge < -0.3 is 9.47 Å². The Hall–Kier alpha value is -4.57. The van der Waals surface area contributed by atoms with Crippen LogP contribution in [0.15, 0.2) is 128 Å². The molecule has 0 fully saturated rings. The molecule has 0 aliphatic carbocycles. The van der Waals surface area contributed by atoms with Crippen molar-refractivity contribution in [2.75, 3.05) is 0 Å². The number of carbonyl (C=O) groups excluding carboxylic acids is 1. The van der Waals surface area contributed by atoms with E-state index in [4.69, 9.17) is 32.7 Å². The van der Waals surface area contributed by atoms with Crippen molar-refractivity contribution in [2.24, 2.45) is 0 Å². The highest BCUT2D eigenvalue weighted by molar-refractivity contribution is 6.67. The number of hydrogen-bond acceptors (Lipinski definition) is 3. The summed E-state index contributed by atoms with van der Waals surface area (Å²) in [6, 6.07) is 38.7. The highest BCUT2D eigenvalue weighted by Gasteiger charge is 2.20. The fraction of sp³-hybridized carbons (Fsp3) is 0. The first kappa shape index (κ1) is 25.7. The number of benzene rings is 6. The molecule has 0 aliphatic rings. The molecule has 6 aromatic rings. The Morgan fingerprint density at radius 2 is 0.950 bits per heavy atom. The normalized spacial score (nSPS) is 10.9. The van der Waals surface area contributed by atoms with Crippen LogP contribution < -0.4 is 9.47 Å². The number of hydrogen-bond donors (Lipinski definition) is 0. The van der Waals surface area contributed by atoms with E-state index in [9.17, 15) is 4.79 Å². The summed E-state index contributed by atoms with van der Waals surface area (Å²) in [5.41, 5.74) is 3.04. The standard InChI is InChI=1S/C35H22Cl2O3/c1-22(36)23-10-16-27(17-11-23)39-31-20-14-24-6-2-4-8-29(24)33(31)34-30-9-5-3-7-25(30)15-21-32(34)40-28-18-12-26(13-19-28)35(37)38/h2-21H,1H2. The van der Waals surface area contributed by atoms with Gasteiger partial charge in [-0.1, -0.05) is 78.8 Å². The molecule has 0 amide bonds. The lowest BCUT2D eigenvalue weighted by atomic mass is 9.92. The maximum atomic E-state index is 11.6. The van der Waals surface area contributed by atoms with E-state index in [0.717, 1.165) is 38.2 Å². The second kappa shape index (κ2) is 10.9. The molecule has 0 spiro atoms. The van der Waals surface area contributed by atoms with Crippen LogP contribution in [0.1, 0.15) is 15.9 Å². The van der Waals surface area contributed by atoms with Gasteiger partial charge in [0.15, 0.2) is 0 Å². The predicted octanol–water partition coefficient (Wildman–Crippen LogP) is 10.8. The molecule has 6 aromatic carbocycles. The van der Waals surface area contributed by atoms with Gasteiger partial charge in [-0.3, -0.25) is 4.79 Å². The average Bonchev–Trinajstić information content (AvgIpc) is 2.98. The first-order valence-electron chi connectivity index (χ1n) is 12.6. The Morgan fingerprint density at radius 1 is 0.525 bits per heavy atom. The number of ether oxygens (including phenoxy) is 2. The first-order valence-corrected chi connectivity index (χ1v) is 13.4. The van der Waals surface area contributed by atoms with E-state index in [1.807, 2.05) is 66.7 Å². The summed E-state index contributed by atoms with van der Waals surface area (Å²) in [6.07, 6.45) is 0. The van der Waals surface area contributed by atoms with Crippen LogP contribution in [0.25, 0.3) is 37.7 Å².